The predicted octanol–water partition coefficient (Wildman–Crippen LogP) is 4.37. The number of esters is 1. The number of thiophene rings is 1. The second-order valence-electron chi connectivity index (χ2n) is 7.56. The maximum atomic E-state index is 13.4. The van der Waals surface area contributed by atoms with Gasteiger partial charge < -0.3 is 14.2 Å². The molecular formula is C25H23FN2O5S. The number of hydrazone groups is 1. The largest absolute Gasteiger partial charge is 0.493 e. The zero-order valence-electron chi connectivity index (χ0n) is 18.7. The van der Waals surface area contributed by atoms with Gasteiger partial charge in [-0.3, -0.25) is 9.59 Å². The number of carbonyl (C=O) groups excluding carboxylic acids is 2. The van der Waals surface area contributed by atoms with Crippen molar-refractivity contribution in [1.29, 1.82) is 0 Å². The van der Waals surface area contributed by atoms with Crippen molar-refractivity contribution in [3.8, 4) is 11.5 Å². The molecule has 34 heavy (non-hydrogen) atoms. The molecule has 4 rings (SSSR count). The molecule has 1 amide bonds. The molecule has 2 heterocycles. The molecular weight excluding hydrogens is 459 g/mol. The predicted molar refractivity (Wildman–Crippen MR) is 126 cm³/mol. The SMILES string of the molecule is COc1ccc(C2CC(c3cccs3)=NN2C(=O)COC(=O)Cc2cccc(F)c2)cc1OC. The van der Waals surface area contributed by atoms with E-state index >= 15 is 0 Å². The molecule has 0 saturated heterocycles. The fourth-order valence-electron chi connectivity index (χ4n) is 3.72. The van der Waals surface area contributed by atoms with Gasteiger partial charge >= 0.3 is 5.97 Å². The number of nitrogens with zero attached hydrogens (tertiary/aromatic N) is 2. The van der Waals surface area contributed by atoms with Crippen molar-refractivity contribution in [2.75, 3.05) is 20.8 Å². The smallest absolute Gasteiger partial charge is 0.310 e. The van der Waals surface area contributed by atoms with Crippen molar-refractivity contribution in [1.82, 2.24) is 5.01 Å². The Bertz CT molecular complexity index is 1210. The Morgan fingerprint density at radius 2 is 1.91 bits per heavy atom. The van der Waals surface area contributed by atoms with Crippen LogP contribution < -0.4 is 9.47 Å². The zero-order valence-corrected chi connectivity index (χ0v) is 19.5. The van der Waals surface area contributed by atoms with Crippen molar-refractivity contribution in [2.45, 2.75) is 18.9 Å². The molecule has 0 radical (unpaired) electrons. The van der Waals surface area contributed by atoms with Gasteiger partial charge in [-0.2, -0.15) is 5.10 Å². The lowest BCUT2D eigenvalue weighted by Crippen LogP contribution is -2.31. The van der Waals surface area contributed by atoms with Gasteiger partial charge in [0.2, 0.25) is 0 Å². The first kappa shape index (κ1) is 23.4. The van der Waals surface area contributed by atoms with Gasteiger partial charge in [0.1, 0.15) is 5.82 Å². The lowest BCUT2D eigenvalue weighted by molar-refractivity contribution is -0.152. The quantitative estimate of drug-likeness (QED) is 0.446. The van der Waals surface area contributed by atoms with Crippen LogP contribution in [0.3, 0.4) is 0 Å². The summed E-state index contributed by atoms with van der Waals surface area (Å²) in [5, 5.41) is 7.86. The van der Waals surface area contributed by atoms with E-state index in [0.717, 1.165) is 16.2 Å². The van der Waals surface area contributed by atoms with Gasteiger partial charge in [0, 0.05) is 6.42 Å². The number of carbonyl (C=O) groups is 2. The van der Waals surface area contributed by atoms with Gasteiger partial charge in [-0.1, -0.05) is 24.3 Å². The summed E-state index contributed by atoms with van der Waals surface area (Å²) in [5.41, 5.74) is 2.06. The average molecular weight is 483 g/mol. The van der Waals surface area contributed by atoms with Crippen LogP contribution >= 0.6 is 11.3 Å². The van der Waals surface area contributed by atoms with E-state index in [-0.39, 0.29) is 6.42 Å². The third kappa shape index (κ3) is 5.26. The van der Waals surface area contributed by atoms with Crippen LogP contribution in [0.15, 0.2) is 65.1 Å². The van der Waals surface area contributed by atoms with Crippen molar-refractivity contribution >= 4 is 28.9 Å². The normalized spacial score (nSPS) is 15.1. The molecule has 0 spiro atoms. The molecule has 0 bridgehead atoms. The highest BCUT2D eigenvalue weighted by atomic mass is 32.1. The molecule has 0 N–H and O–H groups in total. The van der Waals surface area contributed by atoms with Crippen molar-refractivity contribution in [2.24, 2.45) is 5.10 Å². The summed E-state index contributed by atoms with van der Waals surface area (Å²) >= 11 is 1.54. The van der Waals surface area contributed by atoms with Crippen LogP contribution in [0.4, 0.5) is 4.39 Å². The van der Waals surface area contributed by atoms with Crippen LogP contribution in [0.5, 0.6) is 11.5 Å². The molecule has 1 aliphatic rings. The van der Waals surface area contributed by atoms with Crippen LogP contribution in [0, 0.1) is 5.82 Å². The number of hydrogen-bond acceptors (Lipinski definition) is 7. The second kappa shape index (κ2) is 10.5. The summed E-state index contributed by atoms with van der Waals surface area (Å²) in [4.78, 5) is 26.2. The fourth-order valence-corrected chi connectivity index (χ4v) is 4.45. The minimum atomic E-state index is -0.622. The summed E-state index contributed by atoms with van der Waals surface area (Å²) in [6.45, 7) is -0.473. The summed E-state index contributed by atoms with van der Waals surface area (Å²) in [6, 6.07) is 14.6. The van der Waals surface area contributed by atoms with Gasteiger partial charge in [-0.15, -0.1) is 11.3 Å². The first-order valence-electron chi connectivity index (χ1n) is 10.5. The zero-order chi connectivity index (χ0) is 24.1. The molecule has 7 nitrogen and oxygen atoms in total. The Morgan fingerprint density at radius 1 is 1.09 bits per heavy atom. The van der Waals surface area contributed by atoms with Gasteiger partial charge in [0.15, 0.2) is 18.1 Å². The summed E-state index contributed by atoms with van der Waals surface area (Å²) < 4.78 is 29.3. The number of hydrogen-bond donors (Lipinski definition) is 0. The molecule has 1 aromatic heterocycles. The van der Waals surface area contributed by atoms with Crippen LogP contribution in [-0.2, 0) is 20.7 Å². The van der Waals surface area contributed by atoms with Gasteiger partial charge in [0.05, 0.1) is 37.3 Å². The lowest BCUT2D eigenvalue weighted by Gasteiger charge is -2.22. The highest BCUT2D eigenvalue weighted by Crippen LogP contribution is 2.37. The van der Waals surface area contributed by atoms with Crippen molar-refractivity contribution in [3.05, 3.63) is 81.8 Å². The molecule has 2 aromatic carbocycles. The van der Waals surface area contributed by atoms with E-state index in [9.17, 15) is 14.0 Å². The van der Waals surface area contributed by atoms with Crippen molar-refractivity contribution in [3.63, 3.8) is 0 Å². The standard InChI is InChI=1S/C25H23FN2O5S/c1-31-21-9-8-17(13-22(21)32-2)20-14-19(23-7-4-10-34-23)27-28(20)24(29)15-33-25(30)12-16-5-3-6-18(26)11-16/h3-11,13,20H,12,14-15H2,1-2H3. The third-order valence-corrected chi connectivity index (χ3v) is 6.28. The van der Waals surface area contributed by atoms with Crippen molar-refractivity contribution < 1.29 is 28.2 Å². The minimum Gasteiger partial charge on any atom is -0.493 e. The summed E-state index contributed by atoms with van der Waals surface area (Å²) in [5.74, 6) is -0.403. The van der Waals surface area contributed by atoms with Gasteiger partial charge in [-0.25, -0.2) is 9.40 Å². The molecule has 3 aromatic rings. The van der Waals surface area contributed by atoms with Crippen LogP contribution in [0.25, 0.3) is 0 Å². The van der Waals surface area contributed by atoms with E-state index in [2.05, 4.69) is 5.10 Å². The molecule has 9 heteroatoms. The Labute approximate surface area is 200 Å². The van der Waals surface area contributed by atoms with E-state index in [0.29, 0.717) is 23.5 Å². The van der Waals surface area contributed by atoms with E-state index in [1.165, 1.54) is 34.5 Å². The first-order valence-corrected chi connectivity index (χ1v) is 11.4. The third-order valence-electron chi connectivity index (χ3n) is 5.36. The Morgan fingerprint density at radius 3 is 2.62 bits per heavy atom. The summed E-state index contributed by atoms with van der Waals surface area (Å²) in [6.07, 6.45) is 0.368. The fraction of sp³-hybridized carbons (Fsp3) is 0.240. The number of ether oxygens (including phenoxy) is 3. The molecule has 0 saturated carbocycles. The van der Waals surface area contributed by atoms with Gasteiger partial charge in [0.25, 0.3) is 5.91 Å². The first-order chi connectivity index (χ1) is 16.5. The Hall–Kier alpha value is -3.72. The highest BCUT2D eigenvalue weighted by Gasteiger charge is 2.34. The molecule has 1 atom stereocenters. The van der Waals surface area contributed by atoms with E-state index < -0.39 is 30.3 Å². The maximum absolute atomic E-state index is 13.4. The van der Waals surface area contributed by atoms with Crippen LogP contribution in [0.1, 0.15) is 28.5 Å². The minimum absolute atomic E-state index is 0.131. The van der Waals surface area contributed by atoms with Crippen LogP contribution in [-0.4, -0.2) is 43.4 Å². The highest BCUT2D eigenvalue weighted by molar-refractivity contribution is 7.12. The molecule has 1 aliphatic heterocycles. The number of halogens is 1. The topological polar surface area (TPSA) is 77.4 Å². The summed E-state index contributed by atoms with van der Waals surface area (Å²) in [7, 11) is 3.10. The maximum Gasteiger partial charge on any atom is 0.310 e. The average Bonchev–Trinajstić information content (AvgIpc) is 3.52. The molecule has 176 valence electrons. The molecule has 0 fully saturated rings. The Kier molecular flexibility index (Phi) is 7.22. The lowest BCUT2D eigenvalue weighted by atomic mass is 10.0. The number of rotatable bonds is 8. The number of methoxy groups -OCH3 is 2. The van der Waals surface area contributed by atoms with E-state index in [1.54, 1.807) is 26.4 Å². The molecule has 0 aliphatic carbocycles. The second-order valence-corrected chi connectivity index (χ2v) is 8.51. The number of benzene rings is 2. The monoisotopic (exact) mass is 482 g/mol. The van der Waals surface area contributed by atoms with Crippen LogP contribution in [0.2, 0.25) is 0 Å². The van der Waals surface area contributed by atoms with Gasteiger partial charge in [-0.05, 0) is 46.8 Å². The van der Waals surface area contributed by atoms with E-state index in [1.807, 2.05) is 29.6 Å². The molecule has 1 unspecified atom stereocenters. The number of amides is 1. The Balaban J connectivity index is 1.51. The van der Waals surface area contributed by atoms with E-state index in [4.69, 9.17) is 14.2 Å².